The van der Waals surface area contributed by atoms with Gasteiger partial charge in [-0.2, -0.15) is 13.2 Å². The predicted octanol–water partition coefficient (Wildman–Crippen LogP) is 3.19. The van der Waals surface area contributed by atoms with E-state index in [9.17, 15) is 21.6 Å². The van der Waals surface area contributed by atoms with Crippen molar-refractivity contribution in [2.45, 2.75) is 11.2 Å². The van der Waals surface area contributed by atoms with Crippen molar-refractivity contribution in [3.8, 4) is 5.75 Å². The molecule has 0 heterocycles. The molecule has 21 heavy (non-hydrogen) atoms. The summed E-state index contributed by atoms with van der Waals surface area (Å²) in [6, 6.07) is 13.1. The van der Waals surface area contributed by atoms with Gasteiger partial charge in [-0.25, -0.2) is 8.42 Å². The maximum absolute atomic E-state index is 13.0. The average molecular weight is 317 g/mol. The fourth-order valence-corrected chi connectivity index (χ4v) is 2.65. The summed E-state index contributed by atoms with van der Waals surface area (Å²) in [5.41, 5.74) is 0. The van der Waals surface area contributed by atoms with E-state index in [2.05, 4.69) is 4.84 Å². The lowest BCUT2D eigenvalue weighted by atomic mass is 10.3. The highest BCUT2D eigenvalue weighted by atomic mass is 32.2. The Morgan fingerprint density at radius 2 is 1.33 bits per heavy atom. The summed E-state index contributed by atoms with van der Waals surface area (Å²) in [6.07, 6.45) is -5.22. The van der Waals surface area contributed by atoms with Gasteiger partial charge in [-0.3, -0.25) is 0 Å². The standard InChI is InChI=1S/C13H10F3NO3S/c14-13(15,16)17(20-11-7-3-1-4-8-11)21(18,19)12-9-5-2-6-10-12/h1-10H. The third-order valence-corrected chi connectivity index (χ3v) is 3.98. The Morgan fingerprint density at radius 1 is 0.857 bits per heavy atom. The topological polar surface area (TPSA) is 46.6 Å². The number of sulfonamides is 1. The van der Waals surface area contributed by atoms with Gasteiger partial charge < -0.3 is 4.84 Å². The smallest absolute Gasteiger partial charge is 0.383 e. The summed E-state index contributed by atoms with van der Waals surface area (Å²) in [4.78, 5) is 4.00. The normalized spacial score (nSPS) is 12.4. The van der Waals surface area contributed by atoms with Crippen molar-refractivity contribution in [1.29, 1.82) is 0 Å². The average Bonchev–Trinajstić information content (AvgIpc) is 2.45. The molecule has 0 saturated carbocycles. The highest BCUT2D eigenvalue weighted by Crippen LogP contribution is 2.30. The molecule has 0 saturated heterocycles. The molecule has 112 valence electrons. The molecule has 2 rings (SSSR count). The number of hydrogen-bond acceptors (Lipinski definition) is 3. The minimum atomic E-state index is -5.22. The molecule has 0 spiro atoms. The number of benzene rings is 2. The molecule has 4 nitrogen and oxygen atoms in total. The van der Waals surface area contributed by atoms with E-state index in [1.54, 1.807) is 6.07 Å². The van der Waals surface area contributed by atoms with E-state index in [0.717, 1.165) is 12.1 Å². The van der Waals surface area contributed by atoms with Crippen LogP contribution in [0, 0.1) is 0 Å². The lowest BCUT2D eigenvalue weighted by Crippen LogP contribution is -2.45. The number of hydrogen-bond donors (Lipinski definition) is 0. The molecule has 0 fully saturated rings. The van der Waals surface area contributed by atoms with Crippen LogP contribution in [-0.4, -0.2) is 19.2 Å². The molecule has 0 aromatic heterocycles. The molecular formula is C13H10F3NO3S. The van der Waals surface area contributed by atoms with Crippen molar-refractivity contribution >= 4 is 10.0 Å². The molecule has 0 atom stereocenters. The van der Waals surface area contributed by atoms with Gasteiger partial charge in [0.2, 0.25) is 0 Å². The Balaban J connectivity index is 2.42. The number of para-hydroxylation sites is 1. The van der Waals surface area contributed by atoms with E-state index in [4.69, 9.17) is 0 Å². The van der Waals surface area contributed by atoms with Crippen LogP contribution >= 0.6 is 0 Å². The molecule has 0 bridgehead atoms. The summed E-state index contributed by atoms with van der Waals surface area (Å²) in [5.74, 6) is -0.241. The van der Waals surface area contributed by atoms with E-state index >= 15 is 0 Å². The lowest BCUT2D eigenvalue weighted by molar-refractivity contribution is -0.289. The zero-order valence-corrected chi connectivity index (χ0v) is 11.3. The SMILES string of the molecule is O=S(=O)(c1ccccc1)N(Oc1ccccc1)C(F)(F)F. The van der Waals surface area contributed by atoms with Crippen LogP contribution in [0.3, 0.4) is 0 Å². The van der Waals surface area contributed by atoms with E-state index in [0.29, 0.717) is 0 Å². The van der Waals surface area contributed by atoms with Crippen LogP contribution in [0.1, 0.15) is 0 Å². The van der Waals surface area contributed by atoms with Crippen molar-refractivity contribution in [2.24, 2.45) is 0 Å². The van der Waals surface area contributed by atoms with Crippen molar-refractivity contribution in [2.75, 3.05) is 0 Å². The molecule has 8 heteroatoms. The van der Waals surface area contributed by atoms with Gasteiger partial charge in [0, 0.05) is 0 Å². The van der Waals surface area contributed by atoms with Crippen LogP contribution in [0.15, 0.2) is 65.6 Å². The first-order valence-electron chi connectivity index (χ1n) is 5.72. The second-order valence-electron chi connectivity index (χ2n) is 3.92. The Hall–Kier alpha value is -2.06. The summed E-state index contributed by atoms with van der Waals surface area (Å²) in [6.45, 7) is 0. The van der Waals surface area contributed by atoms with Gasteiger partial charge in [0.15, 0.2) is 0 Å². The second kappa shape index (κ2) is 5.74. The molecule has 0 aliphatic rings. The maximum atomic E-state index is 13.0. The fraction of sp³-hybridized carbons (Fsp3) is 0.0769. The van der Waals surface area contributed by atoms with Gasteiger partial charge in [-0.1, -0.05) is 36.4 Å². The first-order chi connectivity index (χ1) is 9.82. The van der Waals surface area contributed by atoms with Crippen LogP contribution in [0.5, 0.6) is 5.75 Å². The minimum Gasteiger partial charge on any atom is -0.383 e. The van der Waals surface area contributed by atoms with Crippen molar-refractivity contribution in [3.63, 3.8) is 0 Å². The molecule has 2 aromatic carbocycles. The van der Waals surface area contributed by atoms with Gasteiger partial charge in [0.05, 0.1) is 9.36 Å². The Bertz CT molecular complexity index is 688. The quantitative estimate of drug-likeness (QED) is 0.643. The van der Waals surface area contributed by atoms with Gasteiger partial charge in [-0.05, 0) is 24.3 Å². The molecule has 2 aromatic rings. The maximum Gasteiger partial charge on any atom is 0.507 e. The largest absolute Gasteiger partial charge is 0.507 e. The highest BCUT2D eigenvalue weighted by molar-refractivity contribution is 7.89. The predicted molar refractivity (Wildman–Crippen MR) is 68.6 cm³/mol. The second-order valence-corrected chi connectivity index (χ2v) is 5.67. The summed E-state index contributed by atoms with van der Waals surface area (Å²) in [7, 11) is -4.87. The molecule has 0 aliphatic carbocycles. The summed E-state index contributed by atoms with van der Waals surface area (Å²) in [5, 5.41) is 0. The molecule has 0 amide bonds. The third kappa shape index (κ3) is 3.53. The molecule has 0 N–H and O–H groups in total. The van der Waals surface area contributed by atoms with Gasteiger partial charge in [-0.15, -0.1) is 0 Å². The van der Waals surface area contributed by atoms with E-state index in [1.165, 1.54) is 42.5 Å². The van der Waals surface area contributed by atoms with Crippen LogP contribution in [0.2, 0.25) is 0 Å². The zero-order chi connectivity index (χ0) is 15.5. The zero-order valence-electron chi connectivity index (χ0n) is 10.5. The molecular weight excluding hydrogens is 307 g/mol. The van der Waals surface area contributed by atoms with E-state index in [1.807, 2.05) is 0 Å². The van der Waals surface area contributed by atoms with Gasteiger partial charge >= 0.3 is 6.30 Å². The first-order valence-corrected chi connectivity index (χ1v) is 7.16. The van der Waals surface area contributed by atoms with Crippen LogP contribution in [0.4, 0.5) is 13.2 Å². The van der Waals surface area contributed by atoms with E-state index in [-0.39, 0.29) is 5.75 Å². The number of alkyl halides is 3. The Labute approximate surface area is 119 Å². The minimum absolute atomic E-state index is 0.241. The number of rotatable bonds is 4. The summed E-state index contributed by atoms with van der Waals surface area (Å²) >= 11 is 0. The Morgan fingerprint density at radius 3 is 1.81 bits per heavy atom. The van der Waals surface area contributed by atoms with Gasteiger partial charge in [0.1, 0.15) is 5.75 Å². The van der Waals surface area contributed by atoms with Crippen molar-refractivity contribution in [3.05, 3.63) is 60.7 Å². The first kappa shape index (κ1) is 15.3. The van der Waals surface area contributed by atoms with Crippen molar-refractivity contribution in [1.82, 2.24) is 4.47 Å². The highest BCUT2D eigenvalue weighted by Gasteiger charge is 2.49. The molecule has 0 unspecified atom stereocenters. The monoisotopic (exact) mass is 317 g/mol. The van der Waals surface area contributed by atoms with E-state index < -0.39 is 25.7 Å². The molecule has 0 aliphatic heterocycles. The number of hydroxylamine groups is 1. The number of halogens is 3. The number of nitrogens with zero attached hydrogens (tertiary/aromatic N) is 1. The Kier molecular flexibility index (Phi) is 4.19. The van der Waals surface area contributed by atoms with Crippen LogP contribution < -0.4 is 4.84 Å². The third-order valence-electron chi connectivity index (χ3n) is 2.40. The summed E-state index contributed by atoms with van der Waals surface area (Å²) < 4.78 is 62.2. The van der Waals surface area contributed by atoms with Crippen LogP contribution in [0.25, 0.3) is 0 Å². The molecule has 0 radical (unpaired) electrons. The van der Waals surface area contributed by atoms with Crippen molar-refractivity contribution < 1.29 is 26.4 Å². The van der Waals surface area contributed by atoms with Crippen LogP contribution in [-0.2, 0) is 10.0 Å². The lowest BCUT2D eigenvalue weighted by Gasteiger charge is -2.23. The van der Waals surface area contributed by atoms with Gasteiger partial charge in [0.25, 0.3) is 10.0 Å². The fourth-order valence-electron chi connectivity index (χ4n) is 1.50.